The molecular formula is C27H59N7. The summed E-state index contributed by atoms with van der Waals surface area (Å²) >= 11 is 0. The molecule has 0 aromatic carbocycles. The predicted molar refractivity (Wildman–Crippen MR) is 148 cm³/mol. The van der Waals surface area contributed by atoms with Crippen LogP contribution in [-0.2, 0) is 0 Å². The Balaban J connectivity index is 1.36. The number of nitrogens with one attached hydrogen (secondary N) is 4. The summed E-state index contributed by atoms with van der Waals surface area (Å²) < 4.78 is 0. The molecule has 0 saturated heterocycles. The van der Waals surface area contributed by atoms with Gasteiger partial charge in [0.25, 0.3) is 0 Å². The Bertz CT molecular complexity index is 474. The first-order valence-corrected chi connectivity index (χ1v) is 14.8. The molecule has 2 fully saturated rings. The summed E-state index contributed by atoms with van der Waals surface area (Å²) in [5.41, 5.74) is 5.97. The van der Waals surface area contributed by atoms with Crippen molar-refractivity contribution in [3.63, 3.8) is 0 Å². The van der Waals surface area contributed by atoms with Gasteiger partial charge in [-0.05, 0) is 130 Å². The van der Waals surface area contributed by atoms with E-state index >= 15 is 0 Å². The van der Waals surface area contributed by atoms with Crippen LogP contribution in [0.5, 0.6) is 0 Å². The highest BCUT2D eigenvalue weighted by Crippen LogP contribution is 2.20. The van der Waals surface area contributed by atoms with Gasteiger partial charge in [0.05, 0.1) is 0 Å². The van der Waals surface area contributed by atoms with Crippen LogP contribution in [0.2, 0.25) is 0 Å². The molecule has 0 spiro atoms. The minimum atomic E-state index is 0.398. The van der Waals surface area contributed by atoms with Crippen LogP contribution in [0, 0.1) is 0 Å². The van der Waals surface area contributed by atoms with E-state index in [1.165, 1.54) is 97.1 Å². The smallest absolute Gasteiger partial charge is 0.0221 e. The average molecular weight is 482 g/mol. The van der Waals surface area contributed by atoms with Crippen LogP contribution in [0.1, 0.15) is 78.6 Å². The van der Waals surface area contributed by atoms with Gasteiger partial charge in [0.15, 0.2) is 0 Å². The Morgan fingerprint density at radius 1 is 0.559 bits per heavy atom. The van der Waals surface area contributed by atoms with Gasteiger partial charge in [-0.3, -0.25) is 0 Å². The van der Waals surface area contributed by atoms with Crippen LogP contribution in [0.25, 0.3) is 0 Å². The fraction of sp³-hybridized carbons (Fsp3) is 1.00. The molecule has 6 N–H and O–H groups in total. The second-order valence-corrected chi connectivity index (χ2v) is 10.5. The molecule has 0 bridgehead atoms. The maximum Gasteiger partial charge on any atom is 0.0221 e. The molecule has 0 aromatic heterocycles. The highest BCUT2D eigenvalue weighted by molar-refractivity contribution is 4.92. The largest absolute Gasteiger partial charge is 0.326 e. The number of nitrogens with two attached hydrogens (primary N) is 1. The average Bonchev–Trinajstić information content (AvgIpc) is 2.84. The van der Waals surface area contributed by atoms with Gasteiger partial charge in [0, 0.05) is 24.2 Å². The Morgan fingerprint density at radius 2 is 1.06 bits per heavy atom. The SMILES string of the molecule is CCN(CC)CCCNC1CCC1NCCCN(CC)CCCCNCCCNC1CCC1N. The number of hydrogen-bond donors (Lipinski definition) is 5. The Morgan fingerprint density at radius 3 is 1.59 bits per heavy atom. The highest BCUT2D eigenvalue weighted by atomic mass is 15.1. The Kier molecular flexibility index (Phi) is 16.7. The fourth-order valence-corrected chi connectivity index (χ4v) is 5.13. The molecule has 4 unspecified atom stereocenters. The molecule has 0 aliphatic heterocycles. The molecule has 2 aliphatic rings. The van der Waals surface area contributed by atoms with Crippen molar-refractivity contribution in [2.45, 2.75) is 103 Å². The third-order valence-electron chi connectivity index (χ3n) is 8.07. The van der Waals surface area contributed by atoms with Crippen molar-refractivity contribution < 1.29 is 0 Å². The van der Waals surface area contributed by atoms with E-state index in [1.54, 1.807) is 0 Å². The summed E-state index contributed by atoms with van der Waals surface area (Å²) in [5, 5.41) is 14.8. The Labute approximate surface area is 211 Å². The van der Waals surface area contributed by atoms with Crippen LogP contribution in [0.4, 0.5) is 0 Å². The van der Waals surface area contributed by atoms with E-state index in [0.29, 0.717) is 24.2 Å². The molecule has 202 valence electrons. The number of hydrogen-bond acceptors (Lipinski definition) is 7. The quantitative estimate of drug-likeness (QED) is 0.143. The summed E-state index contributed by atoms with van der Waals surface area (Å²) in [6, 6.07) is 2.36. The van der Waals surface area contributed by atoms with Crippen molar-refractivity contribution >= 4 is 0 Å². The third-order valence-corrected chi connectivity index (χ3v) is 8.07. The second-order valence-electron chi connectivity index (χ2n) is 10.5. The van der Waals surface area contributed by atoms with Gasteiger partial charge in [0.1, 0.15) is 0 Å². The first-order valence-electron chi connectivity index (χ1n) is 14.8. The lowest BCUT2D eigenvalue weighted by atomic mass is 9.86. The van der Waals surface area contributed by atoms with E-state index in [1.807, 2.05) is 0 Å². The van der Waals surface area contributed by atoms with Crippen molar-refractivity contribution in [3.05, 3.63) is 0 Å². The molecule has 0 heterocycles. The highest BCUT2D eigenvalue weighted by Gasteiger charge is 2.29. The van der Waals surface area contributed by atoms with E-state index in [4.69, 9.17) is 5.73 Å². The van der Waals surface area contributed by atoms with Gasteiger partial charge in [-0.25, -0.2) is 0 Å². The van der Waals surface area contributed by atoms with Gasteiger partial charge >= 0.3 is 0 Å². The lowest BCUT2D eigenvalue weighted by Gasteiger charge is -2.38. The first kappa shape index (κ1) is 29.9. The summed E-state index contributed by atoms with van der Waals surface area (Å²) in [4.78, 5) is 5.14. The monoisotopic (exact) mass is 481 g/mol. The fourth-order valence-electron chi connectivity index (χ4n) is 5.13. The minimum Gasteiger partial charge on any atom is -0.326 e. The predicted octanol–water partition coefficient (Wildman–Crippen LogP) is 1.98. The van der Waals surface area contributed by atoms with E-state index in [2.05, 4.69) is 51.8 Å². The molecule has 2 saturated carbocycles. The van der Waals surface area contributed by atoms with Crippen molar-refractivity contribution in [3.8, 4) is 0 Å². The Hall–Kier alpha value is -0.280. The summed E-state index contributed by atoms with van der Waals surface area (Å²) in [6.07, 6.45) is 11.4. The van der Waals surface area contributed by atoms with Gasteiger partial charge in [0.2, 0.25) is 0 Å². The maximum absolute atomic E-state index is 5.97. The van der Waals surface area contributed by atoms with E-state index in [9.17, 15) is 0 Å². The molecule has 7 nitrogen and oxygen atoms in total. The number of unbranched alkanes of at least 4 members (excludes halogenated alkanes) is 1. The number of rotatable bonds is 23. The first-order chi connectivity index (χ1) is 16.7. The van der Waals surface area contributed by atoms with E-state index in [-0.39, 0.29) is 0 Å². The minimum absolute atomic E-state index is 0.398. The zero-order valence-corrected chi connectivity index (χ0v) is 22.9. The van der Waals surface area contributed by atoms with Gasteiger partial charge in [-0.1, -0.05) is 20.8 Å². The standard InChI is InChI=1S/C27H59N7/c1-4-33(5-2)22-10-19-31-26-14-15-27(26)32-20-11-23-34(6-3)21-8-7-16-29-17-9-18-30-25-13-12-24(25)28/h24-27,29-32H,4-23,28H2,1-3H3. The van der Waals surface area contributed by atoms with Crippen molar-refractivity contribution in [1.82, 2.24) is 31.1 Å². The third kappa shape index (κ3) is 12.1. The van der Waals surface area contributed by atoms with Crippen LogP contribution >= 0.6 is 0 Å². The van der Waals surface area contributed by atoms with Crippen LogP contribution in [-0.4, -0.2) is 106 Å². The van der Waals surface area contributed by atoms with Crippen molar-refractivity contribution in [2.75, 3.05) is 72.0 Å². The van der Waals surface area contributed by atoms with E-state index < -0.39 is 0 Å². The maximum atomic E-state index is 5.97. The molecule has 0 aromatic rings. The number of nitrogens with zero attached hydrogens (tertiary/aromatic N) is 2. The summed E-state index contributed by atoms with van der Waals surface area (Å²) in [6.45, 7) is 19.7. The van der Waals surface area contributed by atoms with Crippen molar-refractivity contribution in [2.24, 2.45) is 5.73 Å². The van der Waals surface area contributed by atoms with Crippen LogP contribution in [0.3, 0.4) is 0 Å². The molecule has 2 rings (SSSR count). The molecule has 7 heteroatoms. The molecule has 34 heavy (non-hydrogen) atoms. The summed E-state index contributed by atoms with van der Waals surface area (Å²) in [7, 11) is 0. The van der Waals surface area contributed by atoms with Gasteiger partial charge < -0.3 is 36.8 Å². The molecule has 0 amide bonds. The molecule has 2 aliphatic carbocycles. The topological polar surface area (TPSA) is 80.6 Å². The second kappa shape index (κ2) is 18.9. The van der Waals surface area contributed by atoms with Crippen LogP contribution < -0.4 is 27.0 Å². The van der Waals surface area contributed by atoms with Crippen LogP contribution in [0.15, 0.2) is 0 Å². The van der Waals surface area contributed by atoms with Gasteiger partial charge in [-0.2, -0.15) is 0 Å². The van der Waals surface area contributed by atoms with E-state index in [0.717, 1.165) is 32.7 Å². The zero-order valence-electron chi connectivity index (χ0n) is 22.9. The molecule has 0 radical (unpaired) electrons. The normalized spacial score (nSPS) is 24.5. The zero-order chi connectivity index (χ0) is 24.4. The lowest BCUT2D eigenvalue weighted by Crippen LogP contribution is -2.56. The molecule has 4 atom stereocenters. The van der Waals surface area contributed by atoms with Gasteiger partial charge in [-0.15, -0.1) is 0 Å². The lowest BCUT2D eigenvalue weighted by molar-refractivity contribution is 0.223. The summed E-state index contributed by atoms with van der Waals surface area (Å²) in [5.74, 6) is 0. The molecular weight excluding hydrogens is 422 g/mol. The van der Waals surface area contributed by atoms with Crippen molar-refractivity contribution in [1.29, 1.82) is 0 Å².